The molecule has 0 bridgehead atoms. The Hall–Kier alpha value is -2.30. The molecule has 0 aliphatic carbocycles. The number of pyridine rings is 1. The third-order valence-corrected chi connectivity index (χ3v) is 2.06. The Bertz CT molecular complexity index is 588. The quantitative estimate of drug-likeness (QED) is 0.588. The lowest BCUT2D eigenvalue weighted by Gasteiger charge is -2.00. The summed E-state index contributed by atoms with van der Waals surface area (Å²) in [5.74, 6) is 0.744. The summed E-state index contributed by atoms with van der Waals surface area (Å²) < 4.78 is 1.69. The maximum absolute atomic E-state index is 4.34. The van der Waals surface area contributed by atoms with Crippen molar-refractivity contribution in [1.82, 2.24) is 24.7 Å². The van der Waals surface area contributed by atoms with Gasteiger partial charge in [-0.3, -0.25) is 4.98 Å². The van der Waals surface area contributed by atoms with Crippen molar-refractivity contribution in [1.29, 1.82) is 0 Å². The van der Waals surface area contributed by atoms with E-state index in [0.29, 0.717) is 5.65 Å². The van der Waals surface area contributed by atoms with Crippen molar-refractivity contribution in [3.8, 4) is 5.82 Å². The van der Waals surface area contributed by atoms with E-state index < -0.39 is 0 Å². The van der Waals surface area contributed by atoms with E-state index in [-0.39, 0.29) is 0 Å². The van der Waals surface area contributed by atoms with Gasteiger partial charge >= 0.3 is 0 Å². The van der Waals surface area contributed by atoms with E-state index in [1.54, 1.807) is 23.3 Å². The average Bonchev–Trinajstić information content (AvgIpc) is 2.82. The largest absolute Gasteiger partial charge is 0.251 e. The van der Waals surface area contributed by atoms with Crippen LogP contribution < -0.4 is 0 Å². The van der Waals surface area contributed by atoms with E-state index >= 15 is 0 Å². The van der Waals surface area contributed by atoms with E-state index in [2.05, 4.69) is 20.1 Å². The van der Waals surface area contributed by atoms with Gasteiger partial charge in [0.05, 0.1) is 0 Å². The van der Waals surface area contributed by atoms with Crippen LogP contribution in [0.2, 0.25) is 0 Å². The Morgan fingerprint density at radius 1 is 1.00 bits per heavy atom. The molecule has 0 fully saturated rings. The minimum Gasteiger partial charge on any atom is -0.251 e. The Morgan fingerprint density at radius 3 is 2.80 bits per heavy atom. The van der Waals surface area contributed by atoms with E-state index in [1.165, 1.54) is 0 Å². The third-order valence-electron chi connectivity index (χ3n) is 2.06. The normalized spacial score (nSPS) is 10.7. The summed E-state index contributed by atoms with van der Waals surface area (Å²) in [6.07, 6.45) is 6.83. The molecule has 3 aromatic heterocycles. The van der Waals surface area contributed by atoms with Crippen LogP contribution in [0.5, 0.6) is 0 Å². The first-order valence-electron chi connectivity index (χ1n) is 4.51. The highest BCUT2D eigenvalue weighted by molar-refractivity contribution is 5.69. The van der Waals surface area contributed by atoms with Crippen LogP contribution >= 0.6 is 0 Å². The fourth-order valence-corrected chi connectivity index (χ4v) is 1.38. The maximum Gasteiger partial charge on any atom is 0.180 e. The van der Waals surface area contributed by atoms with E-state index in [4.69, 9.17) is 0 Å². The van der Waals surface area contributed by atoms with Crippen LogP contribution in [0.4, 0.5) is 0 Å². The number of rotatable bonds is 1. The van der Waals surface area contributed by atoms with E-state index in [1.807, 2.05) is 24.4 Å². The maximum atomic E-state index is 4.34. The molecule has 0 spiro atoms. The van der Waals surface area contributed by atoms with Gasteiger partial charge < -0.3 is 0 Å². The van der Waals surface area contributed by atoms with Crippen molar-refractivity contribution in [3.63, 3.8) is 0 Å². The summed E-state index contributed by atoms with van der Waals surface area (Å²) in [5, 5.41) is 4.10. The van der Waals surface area contributed by atoms with Gasteiger partial charge in [0.2, 0.25) is 0 Å². The lowest BCUT2D eigenvalue weighted by molar-refractivity contribution is 0.850. The summed E-state index contributed by atoms with van der Waals surface area (Å²) in [6.45, 7) is 0. The summed E-state index contributed by atoms with van der Waals surface area (Å²) in [4.78, 5) is 12.6. The molecule has 5 nitrogen and oxygen atoms in total. The first kappa shape index (κ1) is 8.05. The number of hydrogen-bond donors (Lipinski definition) is 0. The van der Waals surface area contributed by atoms with Crippen LogP contribution in [0.15, 0.2) is 43.0 Å². The number of aromatic nitrogens is 5. The molecule has 0 aliphatic rings. The highest BCUT2D eigenvalue weighted by atomic mass is 15.3. The Morgan fingerprint density at radius 2 is 1.93 bits per heavy atom. The molecule has 72 valence electrons. The van der Waals surface area contributed by atoms with Gasteiger partial charge in [0.1, 0.15) is 5.52 Å². The molecule has 0 saturated carbocycles. The monoisotopic (exact) mass is 197 g/mol. The zero-order valence-electron chi connectivity index (χ0n) is 7.78. The molecule has 5 heteroatoms. The molecule has 0 aromatic carbocycles. The molecule has 15 heavy (non-hydrogen) atoms. The third kappa shape index (κ3) is 1.34. The first-order valence-corrected chi connectivity index (χ1v) is 4.51. The van der Waals surface area contributed by atoms with Gasteiger partial charge in [-0.25, -0.2) is 14.6 Å². The van der Waals surface area contributed by atoms with Crippen molar-refractivity contribution in [3.05, 3.63) is 43.0 Å². The lowest BCUT2D eigenvalue weighted by Crippen LogP contribution is -1.98. The second-order valence-electron chi connectivity index (χ2n) is 3.02. The zero-order chi connectivity index (χ0) is 10.1. The van der Waals surface area contributed by atoms with Crippen molar-refractivity contribution < 1.29 is 0 Å². The average molecular weight is 197 g/mol. The number of fused-ring (bicyclic) bond motifs is 1. The van der Waals surface area contributed by atoms with Crippen molar-refractivity contribution in [2.75, 3.05) is 0 Å². The molecule has 0 aliphatic heterocycles. The van der Waals surface area contributed by atoms with Crippen LogP contribution in [0, 0.1) is 0 Å². The van der Waals surface area contributed by atoms with Crippen molar-refractivity contribution >= 4 is 11.2 Å². The zero-order valence-corrected chi connectivity index (χ0v) is 7.78. The van der Waals surface area contributed by atoms with Gasteiger partial charge in [0.15, 0.2) is 11.5 Å². The summed E-state index contributed by atoms with van der Waals surface area (Å²) in [6, 6.07) is 5.60. The number of nitrogens with zero attached hydrogens (tertiary/aromatic N) is 5. The highest BCUT2D eigenvalue weighted by Crippen LogP contribution is 2.08. The molecule has 0 atom stereocenters. The predicted molar refractivity (Wildman–Crippen MR) is 54.5 cm³/mol. The topological polar surface area (TPSA) is 56.5 Å². The predicted octanol–water partition coefficient (Wildman–Crippen LogP) is 1.21. The molecule has 3 heterocycles. The van der Waals surface area contributed by atoms with Crippen LogP contribution in [0.3, 0.4) is 0 Å². The van der Waals surface area contributed by atoms with Gasteiger partial charge in [0, 0.05) is 24.8 Å². The van der Waals surface area contributed by atoms with Crippen molar-refractivity contribution in [2.24, 2.45) is 0 Å². The minimum absolute atomic E-state index is 0.630. The number of hydrogen-bond acceptors (Lipinski definition) is 4. The molecule has 0 unspecified atom stereocenters. The van der Waals surface area contributed by atoms with Gasteiger partial charge in [-0.15, -0.1) is 0 Å². The van der Waals surface area contributed by atoms with Crippen LogP contribution in [-0.2, 0) is 0 Å². The second kappa shape index (κ2) is 3.13. The van der Waals surface area contributed by atoms with Gasteiger partial charge in [0.25, 0.3) is 0 Å². The molecule has 3 rings (SSSR count). The summed E-state index contributed by atoms with van der Waals surface area (Å²) in [5.41, 5.74) is 1.42. The molecular formula is C10H7N5. The summed E-state index contributed by atoms with van der Waals surface area (Å²) >= 11 is 0. The van der Waals surface area contributed by atoms with Gasteiger partial charge in [-0.1, -0.05) is 0 Å². The Labute approximate surface area is 85.4 Å². The van der Waals surface area contributed by atoms with E-state index in [9.17, 15) is 0 Å². The Kier molecular flexibility index (Phi) is 1.68. The van der Waals surface area contributed by atoms with Crippen LogP contribution in [-0.4, -0.2) is 24.7 Å². The standard InChI is InChI=1S/C10H7N5/c1-4-13-15(7-1)9-3-2-8-10(14-9)12-6-5-11-8/h1-7H. The van der Waals surface area contributed by atoms with E-state index in [0.717, 1.165) is 11.3 Å². The first-order chi connectivity index (χ1) is 7.43. The molecule has 0 N–H and O–H groups in total. The van der Waals surface area contributed by atoms with Gasteiger partial charge in [-0.2, -0.15) is 5.10 Å². The molecule has 0 saturated heterocycles. The lowest BCUT2D eigenvalue weighted by atomic mass is 10.4. The second-order valence-corrected chi connectivity index (χ2v) is 3.02. The molecular weight excluding hydrogens is 190 g/mol. The minimum atomic E-state index is 0.630. The fraction of sp³-hybridized carbons (Fsp3) is 0. The summed E-state index contributed by atoms with van der Waals surface area (Å²) in [7, 11) is 0. The van der Waals surface area contributed by atoms with Crippen molar-refractivity contribution in [2.45, 2.75) is 0 Å². The smallest absolute Gasteiger partial charge is 0.180 e. The van der Waals surface area contributed by atoms with Crippen LogP contribution in [0.25, 0.3) is 17.0 Å². The Balaban J connectivity index is 2.22. The van der Waals surface area contributed by atoms with Gasteiger partial charge in [-0.05, 0) is 18.2 Å². The fourth-order valence-electron chi connectivity index (χ4n) is 1.38. The molecule has 0 radical (unpaired) electrons. The molecule has 3 aromatic rings. The molecule has 0 amide bonds. The SMILES string of the molecule is c1cnn(-c2ccc3nccnc3n2)c1. The van der Waals surface area contributed by atoms with Crippen LogP contribution in [0.1, 0.15) is 0 Å². The highest BCUT2D eigenvalue weighted by Gasteiger charge is 2.00.